The van der Waals surface area contributed by atoms with Crippen molar-refractivity contribution in [2.24, 2.45) is 0 Å². The predicted octanol–water partition coefficient (Wildman–Crippen LogP) is 3.99. The molecule has 1 fully saturated rings. The zero-order chi connectivity index (χ0) is 22.9. The molecule has 168 valence electrons. The molecule has 1 aliphatic carbocycles. The first-order chi connectivity index (χ1) is 15.2. The second-order valence-corrected chi connectivity index (χ2v) is 9.98. The quantitative estimate of drug-likeness (QED) is 0.582. The number of amides is 1. The number of aromatic nitrogens is 2. The van der Waals surface area contributed by atoms with Gasteiger partial charge in [-0.1, -0.05) is 30.1 Å². The molecule has 0 aliphatic heterocycles. The number of carbonyl (C=O) groups is 1. The second kappa shape index (κ2) is 8.38. The van der Waals surface area contributed by atoms with Crippen LogP contribution in [0, 0.1) is 20.8 Å². The summed E-state index contributed by atoms with van der Waals surface area (Å²) in [5, 5.41) is 7.12. The number of nitrogens with zero attached hydrogens (tertiary/aromatic N) is 2. The monoisotopic (exact) mass is 454 g/mol. The van der Waals surface area contributed by atoms with E-state index in [4.69, 9.17) is 4.52 Å². The van der Waals surface area contributed by atoms with Crippen molar-refractivity contribution in [3.8, 4) is 0 Å². The van der Waals surface area contributed by atoms with E-state index in [0.29, 0.717) is 28.5 Å². The minimum Gasteiger partial charge on any atom is -0.340 e. The summed E-state index contributed by atoms with van der Waals surface area (Å²) in [6.07, 6.45) is 3.41. The number of aryl methyl sites for hydroxylation is 3. The van der Waals surface area contributed by atoms with Gasteiger partial charge in [-0.2, -0.15) is 4.98 Å². The first-order valence-electron chi connectivity index (χ1n) is 10.5. The third kappa shape index (κ3) is 4.38. The van der Waals surface area contributed by atoms with Crippen LogP contribution >= 0.6 is 0 Å². The molecule has 2 N–H and O–H groups in total. The molecule has 9 heteroatoms. The van der Waals surface area contributed by atoms with E-state index < -0.39 is 15.6 Å². The SMILES string of the molecule is Cc1ccc(C)c(S(=O)(=O)Nc2ccc(C(=O)NC3(c4noc(C)n4)CCCC3)cc2)c1. The van der Waals surface area contributed by atoms with Gasteiger partial charge in [-0.3, -0.25) is 9.52 Å². The lowest BCUT2D eigenvalue weighted by Gasteiger charge is -2.26. The van der Waals surface area contributed by atoms with Crippen molar-refractivity contribution < 1.29 is 17.7 Å². The van der Waals surface area contributed by atoms with Crippen LogP contribution in [-0.4, -0.2) is 24.5 Å². The molecule has 1 saturated carbocycles. The van der Waals surface area contributed by atoms with Crippen LogP contribution in [0.1, 0.15) is 58.9 Å². The highest BCUT2D eigenvalue weighted by molar-refractivity contribution is 7.92. The zero-order valence-corrected chi connectivity index (χ0v) is 19.1. The topological polar surface area (TPSA) is 114 Å². The van der Waals surface area contributed by atoms with Crippen molar-refractivity contribution in [1.29, 1.82) is 0 Å². The van der Waals surface area contributed by atoms with E-state index in [1.807, 2.05) is 13.0 Å². The van der Waals surface area contributed by atoms with Crippen LogP contribution in [0.15, 0.2) is 51.9 Å². The number of carbonyl (C=O) groups excluding carboxylic acids is 1. The molecule has 1 heterocycles. The average Bonchev–Trinajstić information content (AvgIpc) is 3.40. The molecule has 0 radical (unpaired) electrons. The molecule has 0 spiro atoms. The molecular weight excluding hydrogens is 428 g/mol. The molecule has 3 aromatic rings. The fourth-order valence-corrected chi connectivity index (χ4v) is 5.45. The molecule has 32 heavy (non-hydrogen) atoms. The summed E-state index contributed by atoms with van der Waals surface area (Å²) in [4.78, 5) is 17.5. The number of hydrogen-bond acceptors (Lipinski definition) is 6. The molecule has 1 aromatic heterocycles. The number of benzene rings is 2. The van der Waals surface area contributed by atoms with Crippen molar-refractivity contribution >= 4 is 21.6 Å². The third-order valence-corrected chi connectivity index (χ3v) is 7.32. The Bertz CT molecular complexity index is 1240. The largest absolute Gasteiger partial charge is 0.340 e. The molecule has 1 amide bonds. The fraction of sp³-hybridized carbons (Fsp3) is 0.348. The van der Waals surface area contributed by atoms with E-state index in [-0.39, 0.29) is 10.8 Å². The van der Waals surface area contributed by atoms with Crippen LogP contribution in [0.25, 0.3) is 0 Å². The summed E-state index contributed by atoms with van der Waals surface area (Å²) in [5.41, 5.74) is 1.69. The highest BCUT2D eigenvalue weighted by Gasteiger charge is 2.41. The number of hydrogen-bond donors (Lipinski definition) is 2. The minimum atomic E-state index is -3.74. The van der Waals surface area contributed by atoms with Crippen LogP contribution in [0.3, 0.4) is 0 Å². The van der Waals surface area contributed by atoms with E-state index >= 15 is 0 Å². The molecule has 0 atom stereocenters. The van der Waals surface area contributed by atoms with Gasteiger partial charge in [0, 0.05) is 18.2 Å². The highest BCUT2D eigenvalue weighted by Crippen LogP contribution is 2.37. The summed E-state index contributed by atoms with van der Waals surface area (Å²) < 4.78 is 33.3. The fourth-order valence-electron chi connectivity index (χ4n) is 4.06. The summed E-state index contributed by atoms with van der Waals surface area (Å²) in [6.45, 7) is 5.32. The second-order valence-electron chi connectivity index (χ2n) is 8.33. The average molecular weight is 455 g/mol. The smallest absolute Gasteiger partial charge is 0.262 e. The normalized spacial score (nSPS) is 15.5. The van der Waals surface area contributed by atoms with Gasteiger partial charge in [0.15, 0.2) is 5.82 Å². The van der Waals surface area contributed by atoms with E-state index in [0.717, 1.165) is 31.2 Å². The molecule has 1 aliphatic rings. The van der Waals surface area contributed by atoms with E-state index in [1.165, 1.54) is 0 Å². The standard InChI is InChI=1S/C23H26N4O4S/c1-15-6-7-16(2)20(14-15)32(29,30)27-19-10-8-18(9-11-19)21(28)25-23(12-4-5-13-23)22-24-17(3)31-26-22/h6-11,14,27H,4-5,12-13H2,1-3H3,(H,25,28). The summed E-state index contributed by atoms with van der Waals surface area (Å²) in [6, 6.07) is 11.6. The van der Waals surface area contributed by atoms with Crippen molar-refractivity contribution in [2.75, 3.05) is 4.72 Å². The predicted molar refractivity (Wildman–Crippen MR) is 120 cm³/mol. The molecule has 0 unspecified atom stereocenters. The first kappa shape index (κ1) is 22.0. The van der Waals surface area contributed by atoms with Crippen molar-refractivity contribution in [3.05, 3.63) is 70.9 Å². The molecule has 8 nitrogen and oxygen atoms in total. The number of nitrogens with one attached hydrogen (secondary N) is 2. The minimum absolute atomic E-state index is 0.234. The van der Waals surface area contributed by atoms with Gasteiger partial charge in [-0.15, -0.1) is 0 Å². The van der Waals surface area contributed by atoms with Crippen LogP contribution in [0.2, 0.25) is 0 Å². The van der Waals surface area contributed by atoms with Crippen LogP contribution in [0.4, 0.5) is 5.69 Å². The van der Waals surface area contributed by atoms with E-state index in [2.05, 4.69) is 20.2 Å². The number of anilines is 1. The Kier molecular flexibility index (Phi) is 5.77. The molecule has 4 rings (SSSR count). The van der Waals surface area contributed by atoms with Gasteiger partial charge >= 0.3 is 0 Å². The summed E-state index contributed by atoms with van der Waals surface area (Å²) in [7, 11) is -3.74. The van der Waals surface area contributed by atoms with Crippen molar-refractivity contribution in [3.63, 3.8) is 0 Å². The number of sulfonamides is 1. The zero-order valence-electron chi connectivity index (χ0n) is 18.3. The maximum atomic E-state index is 13.0. The Labute approximate surface area is 187 Å². The molecular formula is C23H26N4O4S. The molecule has 0 saturated heterocycles. The van der Waals surface area contributed by atoms with Crippen LogP contribution in [-0.2, 0) is 15.6 Å². The molecule has 2 aromatic carbocycles. The Morgan fingerprint density at radius 2 is 1.72 bits per heavy atom. The van der Waals surface area contributed by atoms with Gasteiger partial charge in [-0.25, -0.2) is 8.42 Å². The van der Waals surface area contributed by atoms with Gasteiger partial charge in [0.05, 0.1) is 4.90 Å². The lowest BCUT2D eigenvalue weighted by molar-refractivity contribution is 0.0892. The van der Waals surface area contributed by atoms with Crippen molar-refractivity contribution in [2.45, 2.75) is 56.9 Å². The lowest BCUT2D eigenvalue weighted by atomic mass is 9.96. The maximum absolute atomic E-state index is 13.0. The first-order valence-corrected chi connectivity index (χ1v) is 12.0. The van der Waals surface area contributed by atoms with E-state index in [1.54, 1.807) is 50.2 Å². The van der Waals surface area contributed by atoms with Crippen LogP contribution in [0.5, 0.6) is 0 Å². The lowest BCUT2D eigenvalue weighted by Crippen LogP contribution is -2.44. The highest BCUT2D eigenvalue weighted by atomic mass is 32.2. The maximum Gasteiger partial charge on any atom is 0.262 e. The Morgan fingerprint density at radius 3 is 2.34 bits per heavy atom. The van der Waals surface area contributed by atoms with E-state index in [9.17, 15) is 13.2 Å². The third-order valence-electron chi connectivity index (χ3n) is 5.80. The Balaban J connectivity index is 1.51. The van der Waals surface area contributed by atoms with Gasteiger partial charge in [0.25, 0.3) is 15.9 Å². The Hall–Kier alpha value is -3.20. The number of rotatable bonds is 6. The van der Waals surface area contributed by atoms with Crippen molar-refractivity contribution in [1.82, 2.24) is 15.5 Å². The summed E-state index contributed by atoms with van der Waals surface area (Å²) in [5.74, 6) is 0.693. The van der Waals surface area contributed by atoms with Gasteiger partial charge in [0.1, 0.15) is 5.54 Å². The van der Waals surface area contributed by atoms with Gasteiger partial charge < -0.3 is 9.84 Å². The van der Waals surface area contributed by atoms with Crippen LogP contribution < -0.4 is 10.0 Å². The summed E-state index contributed by atoms with van der Waals surface area (Å²) >= 11 is 0. The van der Waals surface area contributed by atoms with Gasteiger partial charge in [0.2, 0.25) is 5.89 Å². The van der Waals surface area contributed by atoms with Gasteiger partial charge in [-0.05, 0) is 68.1 Å². The molecule has 0 bridgehead atoms. The Morgan fingerprint density at radius 1 is 1.03 bits per heavy atom.